The Labute approximate surface area is 135 Å². The van der Waals surface area contributed by atoms with Gasteiger partial charge in [0.05, 0.1) is 17.5 Å². The molecule has 23 heavy (non-hydrogen) atoms. The summed E-state index contributed by atoms with van der Waals surface area (Å²) >= 11 is 0. The fourth-order valence-electron chi connectivity index (χ4n) is 2.61. The zero-order chi connectivity index (χ0) is 17.1. The number of aliphatic hydroxyl groups excluding tert-OH is 1. The Morgan fingerprint density at radius 2 is 2.22 bits per heavy atom. The molecule has 2 rings (SSSR count). The highest BCUT2D eigenvalue weighted by Gasteiger charge is 2.20. The summed E-state index contributed by atoms with van der Waals surface area (Å²) in [6.07, 6.45) is -0.612. The van der Waals surface area contributed by atoms with Gasteiger partial charge in [0.25, 0.3) is 5.91 Å². The molecule has 8 heteroatoms. The maximum atomic E-state index is 12.4. The zero-order valence-corrected chi connectivity index (χ0v) is 14.2. The number of aromatic nitrogens is 4. The Morgan fingerprint density at radius 3 is 2.78 bits per heavy atom. The van der Waals surface area contributed by atoms with E-state index in [-0.39, 0.29) is 12.5 Å². The summed E-state index contributed by atoms with van der Waals surface area (Å²) in [5, 5.41) is 24.0. The zero-order valence-electron chi connectivity index (χ0n) is 14.2. The monoisotopic (exact) mass is 320 g/mol. The molecular formula is C15H24N6O2. The molecule has 0 saturated heterocycles. The number of aromatic amines is 1. The Balaban J connectivity index is 2.17. The van der Waals surface area contributed by atoms with E-state index in [9.17, 15) is 9.90 Å². The maximum Gasteiger partial charge on any atom is 0.271 e. The van der Waals surface area contributed by atoms with Gasteiger partial charge in [0.1, 0.15) is 5.69 Å². The number of carbonyl (C=O) groups excluding carboxylic acids is 1. The minimum absolute atomic E-state index is 0.210. The first-order chi connectivity index (χ1) is 10.8. The van der Waals surface area contributed by atoms with Gasteiger partial charge in [-0.25, -0.2) is 0 Å². The third-order valence-electron chi connectivity index (χ3n) is 3.84. The standard InChI is InChI=1S/C15H24N6O2/c1-9-14(10(2)21(5)19-9)12-6-13(18-17-12)15(23)20(4)8-11(22)7-16-3/h6,11,16,22H,7-8H2,1-5H3,(H,17,18). The molecule has 0 aliphatic rings. The van der Waals surface area contributed by atoms with Crippen molar-refractivity contribution in [2.24, 2.45) is 7.05 Å². The molecular weight excluding hydrogens is 296 g/mol. The van der Waals surface area contributed by atoms with Gasteiger partial charge in [-0.3, -0.25) is 14.6 Å². The second-order valence-electron chi connectivity index (χ2n) is 5.73. The van der Waals surface area contributed by atoms with Gasteiger partial charge in [-0.15, -0.1) is 0 Å². The highest BCUT2D eigenvalue weighted by atomic mass is 16.3. The normalized spacial score (nSPS) is 12.4. The minimum Gasteiger partial charge on any atom is -0.390 e. The van der Waals surface area contributed by atoms with Gasteiger partial charge in [0.15, 0.2) is 0 Å². The number of rotatable bonds is 6. The first kappa shape index (κ1) is 17.2. The summed E-state index contributed by atoms with van der Waals surface area (Å²) in [5.74, 6) is -0.210. The number of amides is 1. The quantitative estimate of drug-likeness (QED) is 0.700. The maximum absolute atomic E-state index is 12.4. The molecule has 0 saturated carbocycles. The molecule has 2 aromatic rings. The van der Waals surface area contributed by atoms with Crippen LogP contribution in [0.25, 0.3) is 11.3 Å². The molecule has 0 spiro atoms. The Hall–Kier alpha value is -2.19. The van der Waals surface area contributed by atoms with Gasteiger partial charge in [0, 0.05) is 38.4 Å². The van der Waals surface area contributed by atoms with E-state index in [1.54, 1.807) is 24.8 Å². The third kappa shape index (κ3) is 3.59. The fraction of sp³-hybridized carbons (Fsp3) is 0.533. The van der Waals surface area contributed by atoms with Crippen molar-refractivity contribution in [3.63, 3.8) is 0 Å². The van der Waals surface area contributed by atoms with Gasteiger partial charge in [-0.2, -0.15) is 10.2 Å². The van der Waals surface area contributed by atoms with E-state index in [0.29, 0.717) is 17.9 Å². The molecule has 126 valence electrons. The van der Waals surface area contributed by atoms with Crippen molar-refractivity contribution in [1.29, 1.82) is 0 Å². The molecule has 1 atom stereocenters. The first-order valence-electron chi connectivity index (χ1n) is 7.49. The first-order valence-corrected chi connectivity index (χ1v) is 7.49. The van der Waals surface area contributed by atoms with Crippen LogP contribution in [0, 0.1) is 13.8 Å². The van der Waals surface area contributed by atoms with E-state index in [1.807, 2.05) is 20.9 Å². The van der Waals surface area contributed by atoms with Crippen LogP contribution in [0.15, 0.2) is 6.07 Å². The summed E-state index contributed by atoms with van der Waals surface area (Å²) in [5.41, 5.74) is 3.88. The summed E-state index contributed by atoms with van der Waals surface area (Å²) < 4.78 is 1.79. The fourth-order valence-corrected chi connectivity index (χ4v) is 2.61. The number of hydrogen-bond acceptors (Lipinski definition) is 5. The Morgan fingerprint density at radius 1 is 1.52 bits per heavy atom. The number of aryl methyl sites for hydroxylation is 2. The van der Waals surface area contributed by atoms with Crippen molar-refractivity contribution in [2.75, 3.05) is 27.2 Å². The number of likely N-dealkylation sites (N-methyl/N-ethyl adjacent to an activating group) is 2. The van der Waals surface area contributed by atoms with Crippen molar-refractivity contribution >= 4 is 5.91 Å². The lowest BCUT2D eigenvalue weighted by molar-refractivity contribution is 0.0678. The SMILES string of the molecule is CNCC(O)CN(C)C(=O)c1cc(-c2c(C)nn(C)c2C)n[nH]1. The van der Waals surface area contributed by atoms with Crippen LogP contribution in [0.1, 0.15) is 21.9 Å². The summed E-state index contributed by atoms with van der Waals surface area (Å²) in [6, 6.07) is 1.72. The molecule has 0 fully saturated rings. The van der Waals surface area contributed by atoms with Crippen LogP contribution in [-0.2, 0) is 7.05 Å². The molecule has 8 nitrogen and oxygen atoms in total. The van der Waals surface area contributed by atoms with Crippen LogP contribution < -0.4 is 5.32 Å². The lowest BCUT2D eigenvalue weighted by Gasteiger charge is -2.19. The van der Waals surface area contributed by atoms with Crippen LogP contribution >= 0.6 is 0 Å². The van der Waals surface area contributed by atoms with Crippen LogP contribution in [0.2, 0.25) is 0 Å². The summed E-state index contributed by atoms with van der Waals surface area (Å²) in [6.45, 7) is 4.56. The average molecular weight is 320 g/mol. The molecule has 2 heterocycles. The third-order valence-corrected chi connectivity index (χ3v) is 3.84. The van der Waals surface area contributed by atoms with Crippen LogP contribution in [0.3, 0.4) is 0 Å². The van der Waals surface area contributed by atoms with Crippen LogP contribution in [0.5, 0.6) is 0 Å². The van der Waals surface area contributed by atoms with Gasteiger partial charge in [0.2, 0.25) is 0 Å². The van der Waals surface area contributed by atoms with E-state index < -0.39 is 6.10 Å². The number of H-pyrrole nitrogens is 1. The minimum atomic E-state index is -0.612. The van der Waals surface area contributed by atoms with Gasteiger partial charge >= 0.3 is 0 Å². The van der Waals surface area contributed by atoms with E-state index in [1.165, 1.54) is 4.90 Å². The van der Waals surface area contributed by atoms with Gasteiger partial charge < -0.3 is 15.3 Å². The Kier molecular flexibility index (Phi) is 5.17. The van der Waals surface area contributed by atoms with Crippen molar-refractivity contribution in [3.05, 3.63) is 23.1 Å². The number of carbonyl (C=O) groups is 1. The van der Waals surface area contributed by atoms with Crippen LogP contribution in [-0.4, -0.2) is 69.2 Å². The molecule has 0 bridgehead atoms. The molecule has 0 aliphatic carbocycles. The van der Waals surface area contributed by atoms with Gasteiger partial charge in [-0.1, -0.05) is 0 Å². The lowest BCUT2D eigenvalue weighted by Crippen LogP contribution is -2.38. The summed E-state index contributed by atoms with van der Waals surface area (Å²) in [4.78, 5) is 13.9. The van der Waals surface area contributed by atoms with Crippen molar-refractivity contribution in [3.8, 4) is 11.3 Å². The highest BCUT2D eigenvalue weighted by Crippen LogP contribution is 2.25. The molecule has 2 aromatic heterocycles. The van der Waals surface area contributed by atoms with E-state index in [2.05, 4.69) is 20.6 Å². The van der Waals surface area contributed by atoms with E-state index >= 15 is 0 Å². The Bertz CT molecular complexity index is 690. The number of nitrogens with zero attached hydrogens (tertiary/aromatic N) is 4. The van der Waals surface area contributed by atoms with E-state index in [0.717, 1.165) is 17.0 Å². The largest absolute Gasteiger partial charge is 0.390 e. The molecule has 1 unspecified atom stereocenters. The second-order valence-corrected chi connectivity index (χ2v) is 5.73. The van der Waals surface area contributed by atoms with Crippen LogP contribution in [0.4, 0.5) is 0 Å². The molecule has 1 amide bonds. The number of nitrogens with one attached hydrogen (secondary N) is 2. The van der Waals surface area contributed by atoms with Gasteiger partial charge in [-0.05, 0) is 27.0 Å². The topological polar surface area (TPSA) is 99.1 Å². The van der Waals surface area contributed by atoms with Crippen molar-refractivity contribution in [1.82, 2.24) is 30.2 Å². The average Bonchev–Trinajstić information content (AvgIpc) is 3.04. The van der Waals surface area contributed by atoms with E-state index in [4.69, 9.17) is 0 Å². The predicted molar refractivity (Wildman–Crippen MR) is 87.2 cm³/mol. The molecule has 0 aliphatic heterocycles. The molecule has 0 aromatic carbocycles. The second kappa shape index (κ2) is 6.93. The highest BCUT2D eigenvalue weighted by molar-refractivity contribution is 5.93. The number of hydrogen-bond donors (Lipinski definition) is 3. The van der Waals surface area contributed by atoms with Crippen molar-refractivity contribution in [2.45, 2.75) is 20.0 Å². The molecule has 0 radical (unpaired) electrons. The smallest absolute Gasteiger partial charge is 0.271 e. The summed E-state index contributed by atoms with van der Waals surface area (Å²) in [7, 11) is 5.29. The predicted octanol–water partition coefficient (Wildman–Crippen LogP) is 0.0793. The molecule has 3 N–H and O–H groups in total. The number of aliphatic hydroxyl groups is 1. The van der Waals surface area contributed by atoms with Crippen molar-refractivity contribution < 1.29 is 9.90 Å². The lowest BCUT2D eigenvalue weighted by atomic mass is 10.1.